The van der Waals surface area contributed by atoms with Crippen LogP contribution in [0.4, 0.5) is 0 Å². The molecule has 112 valence electrons. The van der Waals surface area contributed by atoms with Crippen LogP contribution in [-0.2, 0) is 0 Å². The molecule has 0 aromatic heterocycles. The third kappa shape index (κ3) is 3.76. The standard InChI is InChI=1S/C18H29NO/c1-4-14-9-6-7-12-18(14)20-16-11-8-10-15(13-16)17(5-2)19-3/h8,10-11,13-14,17-19H,4-7,9,12H2,1-3H3. The summed E-state index contributed by atoms with van der Waals surface area (Å²) in [7, 11) is 2.02. The van der Waals surface area contributed by atoms with Crippen molar-refractivity contribution in [2.75, 3.05) is 7.05 Å². The first-order valence-corrected chi connectivity index (χ1v) is 8.22. The molecule has 3 unspecified atom stereocenters. The van der Waals surface area contributed by atoms with Crippen LogP contribution < -0.4 is 10.1 Å². The molecule has 1 aliphatic rings. The van der Waals surface area contributed by atoms with E-state index in [4.69, 9.17) is 4.74 Å². The maximum absolute atomic E-state index is 6.31. The Morgan fingerprint density at radius 2 is 2.05 bits per heavy atom. The molecule has 0 amide bonds. The summed E-state index contributed by atoms with van der Waals surface area (Å²) in [5.74, 6) is 1.78. The van der Waals surface area contributed by atoms with E-state index in [1.54, 1.807) is 0 Å². The Kier molecular flexibility index (Phi) is 5.90. The maximum atomic E-state index is 6.31. The van der Waals surface area contributed by atoms with Crippen LogP contribution >= 0.6 is 0 Å². The predicted octanol–water partition coefficient (Wildman–Crippen LogP) is 4.70. The van der Waals surface area contributed by atoms with E-state index in [9.17, 15) is 0 Å². The Balaban J connectivity index is 2.06. The molecule has 1 fully saturated rings. The minimum Gasteiger partial charge on any atom is -0.490 e. The van der Waals surface area contributed by atoms with Crippen LogP contribution in [0.2, 0.25) is 0 Å². The summed E-state index contributed by atoms with van der Waals surface area (Å²) in [5.41, 5.74) is 1.33. The van der Waals surface area contributed by atoms with Crippen molar-refractivity contribution in [1.82, 2.24) is 5.32 Å². The molecule has 2 heteroatoms. The van der Waals surface area contributed by atoms with Crippen LogP contribution in [0.25, 0.3) is 0 Å². The van der Waals surface area contributed by atoms with Crippen molar-refractivity contribution in [3.63, 3.8) is 0 Å². The van der Waals surface area contributed by atoms with Crippen LogP contribution in [0, 0.1) is 5.92 Å². The molecule has 1 aliphatic carbocycles. The molecule has 1 saturated carbocycles. The number of ether oxygens (including phenoxy) is 1. The first-order valence-electron chi connectivity index (χ1n) is 8.22. The van der Waals surface area contributed by atoms with Crippen LogP contribution in [0.5, 0.6) is 5.75 Å². The molecule has 0 aliphatic heterocycles. The topological polar surface area (TPSA) is 21.3 Å². The summed E-state index contributed by atoms with van der Waals surface area (Å²) in [5, 5.41) is 3.36. The van der Waals surface area contributed by atoms with Crippen molar-refractivity contribution in [1.29, 1.82) is 0 Å². The Bertz CT molecular complexity index is 400. The zero-order valence-corrected chi connectivity index (χ0v) is 13.2. The Hall–Kier alpha value is -1.02. The van der Waals surface area contributed by atoms with E-state index in [1.807, 2.05) is 7.05 Å². The molecular weight excluding hydrogens is 246 g/mol. The number of hydrogen-bond acceptors (Lipinski definition) is 2. The van der Waals surface area contributed by atoms with Gasteiger partial charge in [0, 0.05) is 6.04 Å². The fourth-order valence-corrected chi connectivity index (χ4v) is 3.38. The molecule has 2 nitrogen and oxygen atoms in total. The van der Waals surface area contributed by atoms with Crippen LogP contribution in [0.1, 0.15) is 64.0 Å². The molecular formula is C18H29NO. The van der Waals surface area contributed by atoms with Gasteiger partial charge in [-0.2, -0.15) is 0 Å². The second-order valence-corrected chi connectivity index (χ2v) is 5.93. The van der Waals surface area contributed by atoms with E-state index in [2.05, 4.69) is 43.4 Å². The quantitative estimate of drug-likeness (QED) is 0.812. The lowest BCUT2D eigenvalue weighted by atomic mass is 9.85. The Morgan fingerprint density at radius 3 is 2.75 bits per heavy atom. The average Bonchev–Trinajstić information content (AvgIpc) is 2.49. The highest BCUT2D eigenvalue weighted by Gasteiger charge is 2.25. The highest BCUT2D eigenvalue weighted by atomic mass is 16.5. The summed E-state index contributed by atoms with van der Waals surface area (Å²) in [6.45, 7) is 4.50. The lowest BCUT2D eigenvalue weighted by molar-refractivity contribution is 0.0903. The Labute approximate surface area is 123 Å². The zero-order chi connectivity index (χ0) is 14.4. The van der Waals surface area contributed by atoms with Gasteiger partial charge in [-0.05, 0) is 62.8 Å². The van der Waals surface area contributed by atoms with Gasteiger partial charge in [-0.15, -0.1) is 0 Å². The van der Waals surface area contributed by atoms with E-state index < -0.39 is 0 Å². The fraction of sp³-hybridized carbons (Fsp3) is 0.667. The van der Waals surface area contributed by atoms with E-state index in [1.165, 1.54) is 37.7 Å². The van der Waals surface area contributed by atoms with Gasteiger partial charge in [0.25, 0.3) is 0 Å². The van der Waals surface area contributed by atoms with Crippen LogP contribution in [0.3, 0.4) is 0 Å². The lowest BCUT2D eigenvalue weighted by Gasteiger charge is -2.31. The second-order valence-electron chi connectivity index (χ2n) is 5.93. The van der Waals surface area contributed by atoms with Crippen molar-refractivity contribution < 1.29 is 4.74 Å². The smallest absolute Gasteiger partial charge is 0.120 e. The van der Waals surface area contributed by atoms with Crippen molar-refractivity contribution in [3.8, 4) is 5.75 Å². The zero-order valence-electron chi connectivity index (χ0n) is 13.2. The number of hydrogen-bond donors (Lipinski definition) is 1. The number of nitrogens with one attached hydrogen (secondary N) is 1. The SMILES string of the molecule is CCC(NC)c1cccc(OC2CCCCC2CC)c1. The van der Waals surface area contributed by atoms with E-state index in [-0.39, 0.29) is 0 Å². The summed E-state index contributed by atoms with van der Waals surface area (Å²) in [6, 6.07) is 9.05. The third-order valence-electron chi connectivity index (χ3n) is 4.67. The van der Waals surface area contributed by atoms with Gasteiger partial charge in [0.1, 0.15) is 11.9 Å². The lowest BCUT2D eigenvalue weighted by Crippen LogP contribution is -2.30. The van der Waals surface area contributed by atoms with Gasteiger partial charge >= 0.3 is 0 Å². The van der Waals surface area contributed by atoms with Gasteiger partial charge < -0.3 is 10.1 Å². The summed E-state index contributed by atoms with van der Waals surface area (Å²) in [4.78, 5) is 0. The number of rotatable bonds is 6. The van der Waals surface area contributed by atoms with E-state index >= 15 is 0 Å². The van der Waals surface area contributed by atoms with Crippen molar-refractivity contribution in [3.05, 3.63) is 29.8 Å². The molecule has 2 rings (SSSR count). The van der Waals surface area contributed by atoms with Gasteiger partial charge in [0.05, 0.1) is 0 Å². The molecule has 0 saturated heterocycles. The van der Waals surface area contributed by atoms with Gasteiger partial charge in [0.15, 0.2) is 0 Å². The Morgan fingerprint density at radius 1 is 1.25 bits per heavy atom. The molecule has 0 heterocycles. The van der Waals surface area contributed by atoms with Gasteiger partial charge in [0.2, 0.25) is 0 Å². The largest absolute Gasteiger partial charge is 0.490 e. The average molecular weight is 275 g/mol. The molecule has 0 bridgehead atoms. The molecule has 20 heavy (non-hydrogen) atoms. The maximum Gasteiger partial charge on any atom is 0.120 e. The minimum absolute atomic E-state index is 0.415. The second kappa shape index (κ2) is 7.68. The van der Waals surface area contributed by atoms with Crippen molar-refractivity contribution in [2.24, 2.45) is 5.92 Å². The van der Waals surface area contributed by atoms with Crippen LogP contribution in [0.15, 0.2) is 24.3 Å². The third-order valence-corrected chi connectivity index (χ3v) is 4.67. The molecule has 0 radical (unpaired) electrons. The fourth-order valence-electron chi connectivity index (χ4n) is 3.38. The first kappa shape index (κ1) is 15.4. The summed E-state index contributed by atoms with van der Waals surface area (Å²) < 4.78 is 6.31. The minimum atomic E-state index is 0.415. The van der Waals surface area contributed by atoms with E-state index in [0.717, 1.165) is 18.1 Å². The predicted molar refractivity (Wildman–Crippen MR) is 85.2 cm³/mol. The normalized spacial score (nSPS) is 24.4. The van der Waals surface area contributed by atoms with Gasteiger partial charge in [-0.25, -0.2) is 0 Å². The molecule has 3 atom stereocenters. The summed E-state index contributed by atoms with van der Waals surface area (Å²) >= 11 is 0. The van der Waals surface area contributed by atoms with E-state index in [0.29, 0.717) is 12.1 Å². The molecule has 1 aromatic carbocycles. The van der Waals surface area contributed by atoms with Crippen LogP contribution in [-0.4, -0.2) is 13.2 Å². The number of benzene rings is 1. The van der Waals surface area contributed by atoms with Crippen molar-refractivity contribution in [2.45, 2.75) is 64.5 Å². The first-order chi connectivity index (χ1) is 9.78. The monoisotopic (exact) mass is 275 g/mol. The molecule has 1 N–H and O–H groups in total. The van der Waals surface area contributed by atoms with Gasteiger partial charge in [-0.1, -0.05) is 32.4 Å². The molecule has 0 spiro atoms. The summed E-state index contributed by atoms with van der Waals surface area (Å²) in [6.07, 6.45) is 7.98. The highest BCUT2D eigenvalue weighted by Crippen LogP contribution is 2.31. The van der Waals surface area contributed by atoms with Gasteiger partial charge in [-0.3, -0.25) is 0 Å². The highest BCUT2D eigenvalue weighted by molar-refractivity contribution is 5.30. The molecule has 1 aromatic rings. The van der Waals surface area contributed by atoms with Crippen molar-refractivity contribution >= 4 is 0 Å².